The first-order valence-electron chi connectivity index (χ1n) is 10.6. The number of phenolic OH excluding ortho intramolecular Hbond substituents is 1. The van der Waals surface area contributed by atoms with Crippen LogP contribution < -0.4 is 10.1 Å². The molecule has 2 aromatic carbocycles. The number of hydrogen-bond donors (Lipinski definition) is 2. The number of nitrogens with one attached hydrogen (secondary N) is 1. The highest BCUT2D eigenvalue weighted by Gasteiger charge is 2.21. The second-order valence-electron chi connectivity index (χ2n) is 7.59. The van der Waals surface area contributed by atoms with Crippen LogP contribution in [0.3, 0.4) is 0 Å². The van der Waals surface area contributed by atoms with E-state index in [2.05, 4.69) is 22.2 Å². The minimum atomic E-state index is -0.334. The molecule has 0 fully saturated rings. The topological polar surface area (TPSA) is 67.3 Å². The van der Waals surface area contributed by atoms with Gasteiger partial charge in [-0.2, -0.15) is 0 Å². The van der Waals surface area contributed by atoms with Crippen LogP contribution in [-0.4, -0.2) is 21.7 Å². The van der Waals surface area contributed by atoms with Gasteiger partial charge in [0.2, 0.25) is 0 Å². The summed E-state index contributed by atoms with van der Waals surface area (Å²) in [5.41, 5.74) is 3.91. The molecule has 2 aromatic heterocycles. The molecular formula is C26H27N3O2. The van der Waals surface area contributed by atoms with E-state index in [1.54, 1.807) is 6.20 Å². The van der Waals surface area contributed by atoms with E-state index in [1.807, 2.05) is 73.7 Å². The summed E-state index contributed by atoms with van der Waals surface area (Å²) in [4.78, 5) is 9.09. The molecular weight excluding hydrogens is 386 g/mol. The molecule has 4 aromatic rings. The van der Waals surface area contributed by atoms with E-state index in [9.17, 15) is 5.11 Å². The van der Waals surface area contributed by atoms with E-state index >= 15 is 0 Å². The van der Waals surface area contributed by atoms with Crippen LogP contribution in [0.5, 0.6) is 11.5 Å². The predicted molar refractivity (Wildman–Crippen MR) is 125 cm³/mol. The summed E-state index contributed by atoms with van der Waals surface area (Å²) in [7, 11) is 0. The molecule has 0 saturated carbocycles. The fourth-order valence-corrected chi connectivity index (χ4v) is 3.53. The molecule has 0 bridgehead atoms. The highest BCUT2D eigenvalue weighted by molar-refractivity contribution is 5.86. The van der Waals surface area contributed by atoms with Crippen molar-refractivity contribution in [1.29, 1.82) is 0 Å². The molecule has 1 atom stereocenters. The summed E-state index contributed by atoms with van der Waals surface area (Å²) in [6.45, 7) is 4.79. The van der Waals surface area contributed by atoms with Crippen molar-refractivity contribution in [1.82, 2.24) is 9.97 Å². The van der Waals surface area contributed by atoms with E-state index in [-0.39, 0.29) is 11.8 Å². The fraction of sp³-hybridized carbons (Fsp3) is 0.231. The molecule has 0 saturated heterocycles. The number of hydrogen-bond acceptors (Lipinski definition) is 5. The first kappa shape index (κ1) is 20.7. The largest absolute Gasteiger partial charge is 0.505 e. The lowest BCUT2D eigenvalue weighted by Crippen LogP contribution is -2.14. The highest BCUT2D eigenvalue weighted by Crippen LogP contribution is 2.36. The number of aryl methyl sites for hydroxylation is 1. The fourth-order valence-electron chi connectivity index (χ4n) is 3.53. The molecule has 0 spiro atoms. The standard InChI is InChI=1S/C26H27N3O2/c1-3-4-17-31-21-13-11-20(12-14-21)29-25(23-7-5-6-16-27-23)22-15-10-19-9-8-18(2)28-24(19)26(22)30/h5-16,25,29-30H,3-4,17H2,1-2H3. The van der Waals surface area contributed by atoms with Gasteiger partial charge in [0.1, 0.15) is 17.0 Å². The lowest BCUT2D eigenvalue weighted by Gasteiger charge is -2.22. The average molecular weight is 414 g/mol. The Morgan fingerprint density at radius 3 is 2.55 bits per heavy atom. The van der Waals surface area contributed by atoms with E-state index in [4.69, 9.17) is 4.74 Å². The Morgan fingerprint density at radius 2 is 1.81 bits per heavy atom. The third kappa shape index (κ3) is 4.77. The molecule has 2 heterocycles. The van der Waals surface area contributed by atoms with Gasteiger partial charge in [0, 0.05) is 28.5 Å². The van der Waals surface area contributed by atoms with Gasteiger partial charge in [-0.3, -0.25) is 4.98 Å². The number of rotatable bonds is 8. The zero-order valence-electron chi connectivity index (χ0n) is 17.9. The van der Waals surface area contributed by atoms with Crippen molar-refractivity contribution in [3.05, 3.63) is 89.9 Å². The molecule has 5 nitrogen and oxygen atoms in total. The normalized spacial score (nSPS) is 11.9. The Kier molecular flexibility index (Phi) is 6.32. The molecule has 0 radical (unpaired) electrons. The molecule has 0 aliphatic heterocycles. The molecule has 0 aliphatic carbocycles. The highest BCUT2D eigenvalue weighted by atomic mass is 16.5. The van der Waals surface area contributed by atoms with Crippen molar-refractivity contribution in [2.24, 2.45) is 0 Å². The molecule has 158 valence electrons. The summed E-state index contributed by atoms with van der Waals surface area (Å²) in [5.74, 6) is 1.02. The Morgan fingerprint density at radius 1 is 1.00 bits per heavy atom. The van der Waals surface area contributed by atoms with Crippen LogP contribution in [0.2, 0.25) is 0 Å². The molecule has 1 unspecified atom stereocenters. The first-order valence-corrected chi connectivity index (χ1v) is 10.6. The van der Waals surface area contributed by atoms with Crippen molar-refractivity contribution in [2.75, 3.05) is 11.9 Å². The number of phenols is 1. The van der Waals surface area contributed by atoms with Crippen LogP contribution in [0, 0.1) is 6.92 Å². The van der Waals surface area contributed by atoms with E-state index < -0.39 is 0 Å². The maximum absolute atomic E-state index is 11.1. The number of aromatic nitrogens is 2. The number of aromatic hydroxyl groups is 1. The van der Waals surface area contributed by atoms with Gasteiger partial charge in [-0.25, -0.2) is 4.98 Å². The number of fused-ring (bicyclic) bond motifs is 1. The zero-order valence-corrected chi connectivity index (χ0v) is 17.9. The third-order valence-corrected chi connectivity index (χ3v) is 5.23. The van der Waals surface area contributed by atoms with Gasteiger partial charge in [-0.05, 0) is 55.8 Å². The quantitative estimate of drug-likeness (QED) is 0.346. The minimum absolute atomic E-state index is 0.170. The van der Waals surface area contributed by atoms with Crippen LogP contribution >= 0.6 is 0 Å². The van der Waals surface area contributed by atoms with Crippen molar-refractivity contribution >= 4 is 16.6 Å². The van der Waals surface area contributed by atoms with Gasteiger partial charge in [0.15, 0.2) is 0 Å². The molecule has 4 rings (SSSR count). The Bertz CT molecular complexity index is 1140. The third-order valence-electron chi connectivity index (χ3n) is 5.23. The van der Waals surface area contributed by atoms with Gasteiger partial charge in [0.25, 0.3) is 0 Å². The summed E-state index contributed by atoms with van der Waals surface area (Å²) in [6.07, 6.45) is 3.90. The molecule has 31 heavy (non-hydrogen) atoms. The Hall–Kier alpha value is -3.60. The average Bonchev–Trinajstić information content (AvgIpc) is 2.80. The van der Waals surface area contributed by atoms with Crippen molar-refractivity contribution < 1.29 is 9.84 Å². The van der Waals surface area contributed by atoms with Gasteiger partial charge < -0.3 is 15.2 Å². The van der Waals surface area contributed by atoms with Crippen molar-refractivity contribution in [2.45, 2.75) is 32.7 Å². The van der Waals surface area contributed by atoms with Crippen molar-refractivity contribution in [3.63, 3.8) is 0 Å². The van der Waals surface area contributed by atoms with Gasteiger partial charge in [-0.15, -0.1) is 0 Å². The van der Waals surface area contributed by atoms with Crippen LogP contribution in [0.1, 0.15) is 42.8 Å². The number of ether oxygens (including phenoxy) is 1. The molecule has 0 amide bonds. The van der Waals surface area contributed by atoms with E-state index in [0.717, 1.165) is 53.2 Å². The van der Waals surface area contributed by atoms with Gasteiger partial charge >= 0.3 is 0 Å². The van der Waals surface area contributed by atoms with E-state index in [1.165, 1.54) is 0 Å². The maximum Gasteiger partial charge on any atom is 0.147 e. The van der Waals surface area contributed by atoms with E-state index in [0.29, 0.717) is 5.52 Å². The Labute approximate surface area is 182 Å². The lowest BCUT2D eigenvalue weighted by molar-refractivity contribution is 0.309. The minimum Gasteiger partial charge on any atom is -0.505 e. The molecule has 5 heteroatoms. The molecule has 2 N–H and O–H groups in total. The summed E-state index contributed by atoms with van der Waals surface area (Å²) in [5, 5.41) is 15.5. The second kappa shape index (κ2) is 9.47. The lowest BCUT2D eigenvalue weighted by atomic mass is 9.99. The summed E-state index contributed by atoms with van der Waals surface area (Å²) >= 11 is 0. The van der Waals surface area contributed by atoms with Crippen LogP contribution in [0.4, 0.5) is 5.69 Å². The smallest absolute Gasteiger partial charge is 0.147 e. The number of benzene rings is 2. The van der Waals surface area contributed by atoms with Crippen molar-refractivity contribution in [3.8, 4) is 11.5 Å². The summed E-state index contributed by atoms with van der Waals surface area (Å²) < 4.78 is 5.77. The number of anilines is 1. The maximum atomic E-state index is 11.1. The Balaban J connectivity index is 1.68. The summed E-state index contributed by atoms with van der Waals surface area (Å²) in [6, 6.07) is 21.2. The molecule has 0 aliphatic rings. The monoisotopic (exact) mass is 413 g/mol. The number of unbranched alkanes of at least 4 members (excludes halogenated alkanes) is 1. The first-order chi connectivity index (χ1) is 15.2. The van der Waals surface area contributed by atoms with Crippen LogP contribution in [0.15, 0.2) is 72.9 Å². The number of nitrogens with zero attached hydrogens (tertiary/aromatic N) is 2. The SMILES string of the molecule is CCCCOc1ccc(NC(c2ccccn2)c2ccc3ccc(C)nc3c2O)cc1. The zero-order chi connectivity index (χ0) is 21.6. The van der Waals surface area contributed by atoms with Crippen LogP contribution in [-0.2, 0) is 0 Å². The van der Waals surface area contributed by atoms with Gasteiger partial charge in [-0.1, -0.05) is 37.6 Å². The second-order valence-corrected chi connectivity index (χ2v) is 7.59. The predicted octanol–water partition coefficient (Wildman–Crippen LogP) is 6.02. The number of pyridine rings is 2. The van der Waals surface area contributed by atoms with Crippen LogP contribution in [0.25, 0.3) is 10.9 Å². The van der Waals surface area contributed by atoms with Gasteiger partial charge in [0.05, 0.1) is 18.3 Å².